The molecule has 162 valence electrons. The van der Waals surface area contributed by atoms with Gasteiger partial charge in [0.2, 0.25) is 0 Å². The van der Waals surface area contributed by atoms with E-state index in [1.54, 1.807) is 41.3 Å². The summed E-state index contributed by atoms with van der Waals surface area (Å²) in [5, 5.41) is 9.63. The van der Waals surface area contributed by atoms with Gasteiger partial charge in [-0.3, -0.25) is 4.79 Å². The largest absolute Gasteiger partial charge is 0.451 e. The van der Waals surface area contributed by atoms with E-state index in [1.807, 2.05) is 31.1 Å². The first-order valence-electron chi connectivity index (χ1n) is 9.79. The molecular weight excluding hydrogens is 414 g/mol. The van der Waals surface area contributed by atoms with Gasteiger partial charge in [0.05, 0.1) is 17.4 Å². The summed E-state index contributed by atoms with van der Waals surface area (Å²) in [5.41, 5.74) is 2.28. The Kier molecular flexibility index (Phi) is 6.78. The van der Waals surface area contributed by atoms with Crippen LogP contribution in [0.1, 0.15) is 27.2 Å². The fraction of sp³-hybridized carbons (Fsp3) is 0.304. The quantitative estimate of drug-likeness (QED) is 0.535. The van der Waals surface area contributed by atoms with Crippen molar-refractivity contribution in [1.29, 1.82) is 5.26 Å². The zero-order valence-corrected chi connectivity index (χ0v) is 18.6. The van der Waals surface area contributed by atoms with Crippen LogP contribution in [0.4, 0.5) is 0 Å². The van der Waals surface area contributed by atoms with E-state index < -0.39 is 9.84 Å². The number of carbonyl (C=O) groups excluding carboxylic acids is 1. The number of nitrogens with zero attached hydrogens (tertiary/aromatic N) is 3. The van der Waals surface area contributed by atoms with Crippen molar-refractivity contribution in [2.24, 2.45) is 0 Å². The van der Waals surface area contributed by atoms with Crippen LogP contribution in [-0.2, 0) is 22.1 Å². The maximum atomic E-state index is 13.5. The standard InChI is InChI=1S/C23H25N3O4S/c1-25(2)12-13-26(15-18-10-8-17(14-24)9-11-18)23(27)22-20(16-31(3,28)29)19-6-4-5-7-21(19)30-22/h4-11H,12-13,15-16H2,1-3H3. The molecule has 0 saturated heterocycles. The predicted molar refractivity (Wildman–Crippen MR) is 119 cm³/mol. The highest BCUT2D eigenvalue weighted by Crippen LogP contribution is 2.29. The minimum atomic E-state index is -3.38. The predicted octanol–water partition coefficient (Wildman–Crippen LogP) is 3.05. The second-order valence-electron chi connectivity index (χ2n) is 7.81. The van der Waals surface area contributed by atoms with Crippen LogP contribution in [-0.4, -0.2) is 57.6 Å². The number of sulfone groups is 1. The van der Waals surface area contributed by atoms with Gasteiger partial charge in [-0.2, -0.15) is 5.26 Å². The lowest BCUT2D eigenvalue weighted by molar-refractivity contribution is 0.0701. The summed E-state index contributed by atoms with van der Waals surface area (Å²) < 4.78 is 30.0. The molecule has 0 N–H and O–H groups in total. The van der Waals surface area contributed by atoms with Crippen molar-refractivity contribution in [2.75, 3.05) is 33.4 Å². The molecule has 3 aromatic rings. The average molecular weight is 440 g/mol. The van der Waals surface area contributed by atoms with Crippen molar-refractivity contribution in [3.05, 3.63) is 71.0 Å². The summed E-state index contributed by atoms with van der Waals surface area (Å²) in [7, 11) is 0.452. The molecule has 0 aliphatic rings. The Balaban J connectivity index is 2.00. The highest BCUT2D eigenvalue weighted by Gasteiger charge is 2.27. The first-order valence-corrected chi connectivity index (χ1v) is 11.8. The number of hydrogen-bond acceptors (Lipinski definition) is 6. The van der Waals surface area contributed by atoms with Crippen LogP contribution < -0.4 is 0 Å². The third-order valence-electron chi connectivity index (χ3n) is 4.86. The zero-order chi connectivity index (χ0) is 22.6. The number of rotatable bonds is 8. The minimum Gasteiger partial charge on any atom is -0.451 e. The fourth-order valence-electron chi connectivity index (χ4n) is 3.30. The third kappa shape index (κ3) is 5.72. The van der Waals surface area contributed by atoms with Gasteiger partial charge in [-0.05, 0) is 37.9 Å². The van der Waals surface area contributed by atoms with Crippen LogP contribution in [0.2, 0.25) is 0 Å². The van der Waals surface area contributed by atoms with E-state index in [9.17, 15) is 13.2 Å². The molecule has 31 heavy (non-hydrogen) atoms. The van der Waals surface area contributed by atoms with Crippen LogP contribution >= 0.6 is 0 Å². The lowest BCUT2D eigenvalue weighted by Crippen LogP contribution is -2.36. The lowest BCUT2D eigenvalue weighted by Gasteiger charge is -2.24. The Labute approximate surface area is 182 Å². The summed E-state index contributed by atoms with van der Waals surface area (Å²) >= 11 is 0. The van der Waals surface area contributed by atoms with Gasteiger partial charge in [0.15, 0.2) is 15.6 Å². The third-order valence-corrected chi connectivity index (χ3v) is 5.67. The molecule has 0 aliphatic heterocycles. The number of nitriles is 1. The summed E-state index contributed by atoms with van der Waals surface area (Å²) in [6.45, 7) is 1.37. The number of furan rings is 1. The topological polar surface area (TPSA) is 94.6 Å². The van der Waals surface area contributed by atoms with Crippen LogP contribution in [0.3, 0.4) is 0 Å². The lowest BCUT2D eigenvalue weighted by atomic mass is 10.1. The zero-order valence-electron chi connectivity index (χ0n) is 17.8. The molecule has 2 aromatic carbocycles. The molecule has 1 aromatic heterocycles. The minimum absolute atomic E-state index is 0.0547. The number of para-hydroxylation sites is 1. The van der Waals surface area contributed by atoms with Crippen molar-refractivity contribution in [2.45, 2.75) is 12.3 Å². The highest BCUT2D eigenvalue weighted by atomic mass is 32.2. The smallest absolute Gasteiger partial charge is 0.290 e. The Bertz CT molecular complexity index is 1220. The maximum Gasteiger partial charge on any atom is 0.290 e. The maximum absolute atomic E-state index is 13.5. The second-order valence-corrected chi connectivity index (χ2v) is 9.95. The van der Waals surface area contributed by atoms with Crippen LogP contribution in [0.25, 0.3) is 11.0 Å². The van der Waals surface area contributed by atoms with Gasteiger partial charge in [0, 0.05) is 36.8 Å². The second kappa shape index (κ2) is 9.33. The number of carbonyl (C=O) groups is 1. The van der Waals surface area contributed by atoms with E-state index in [-0.39, 0.29) is 17.4 Å². The molecule has 1 heterocycles. The molecule has 0 radical (unpaired) electrons. The molecule has 0 bridgehead atoms. The van der Waals surface area contributed by atoms with Gasteiger partial charge in [-0.15, -0.1) is 0 Å². The molecule has 0 saturated carbocycles. The molecule has 0 spiro atoms. The van der Waals surface area contributed by atoms with Gasteiger partial charge in [0.1, 0.15) is 5.58 Å². The molecule has 0 fully saturated rings. The van der Waals surface area contributed by atoms with E-state index in [1.165, 1.54) is 0 Å². The van der Waals surface area contributed by atoms with E-state index in [0.717, 1.165) is 11.8 Å². The molecule has 0 aliphatic carbocycles. The Morgan fingerprint density at radius 2 is 1.74 bits per heavy atom. The van der Waals surface area contributed by atoms with Gasteiger partial charge in [-0.25, -0.2) is 8.42 Å². The number of benzene rings is 2. The highest BCUT2D eigenvalue weighted by molar-refractivity contribution is 7.89. The molecule has 1 amide bonds. The number of fused-ring (bicyclic) bond motifs is 1. The number of likely N-dealkylation sites (N-methyl/N-ethyl adjacent to an activating group) is 1. The van der Waals surface area contributed by atoms with E-state index in [0.29, 0.717) is 41.7 Å². The van der Waals surface area contributed by atoms with Crippen molar-refractivity contribution in [3.8, 4) is 6.07 Å². The molecule has 0 atom stereocenters. The Hall–Kier alpha value is -3.15. The first-order chi connectivity index (χ1) is 14.7. The van der Waals surface area contributed by atoms with Gasteiger partial charge in [0.25, 0.3) is 5.91 Å². The van der Waals surface area contributed by atoms with Gasteiger partial charge in [-0.1, -0.05) is 30.3 Å². The van der Waals surface area contributed by atoms with E-state index in [2.05, 4.69) is 6.07 Å². The van der Waals surface area contributed by atoms with E-state index >= 15 is 0 Å². The summed E-state index contributed by atoms with van der Waals surface area (Å²) in [4.78, 5) is 17.1. The van der Waals surface area contributed by atoms with Crippen molar-refractivity contribution >= 4 is 26.7 Å². The monoisotopic (exact) mass is 439 g/mol. The molecule has 3 rings (SSSR count). The van der Waals surface area contributed by atoms with Crippen molar-refractivity contribution in [1.82, 2.24) is 9.80 Å². The van der Waals surface area contributed by atoms with Crippen LogP contribution in [0.15, 0.2) is 52.9 Å². The normalized spacial score (nSPS) is 11.6. The van der Waals surface area contributed by atoms with Crippen LogP contribution in [0.5, 0.6) is 0 Å². The molecule has 8 heteroatoms. The average Bonchev–Trinajstić information content (AvgIpc) is 3.08. The molecule has 7 nitrogen and oxygen atoms in total. The van der Waals surface area contributed by atoms with Crippen LogP contribution in [0, 0.1) is 11.3 Å². The fourth-order valence-corrected chi connectivity index (χ4v) is 4.11. The van der Waals surface area contributed by atoms with Gasteiger partial charge < -0.3 is 14.2 Å². The Morgan fingerprint density at radius 1 is 1.06 bits per heavy atom. The summed E-state index contributed by atoms with van der Waals surface area (Å²) in [5.74, 6) is -0.580. The number of hydrogen-bond donors (Lipinski definition) is 0. The summed E-state index contributed by atoms with van der Waals surface area (Å²) in [6, 6.07) is 16.2. The summed E-state index contributed by atoms with van der Waals surface area (Å²) in [6.07, 6.45) is 1.14. The SMILES string of the molecule is CN(C)CCN(Cc1ccc(C#N)cc1)C(=O)c1oc2ccccc2c1CS(C)(=O)=O. The first kappa shape index (κ1) is 22.5. The molecular formula is C23H25N3O4S. The Morgan fingerprint density at radius 3 is 2.35 bits per heavy atom. The van der Waals surface area contributed by atoms with E-state index in [4.69, 9.17) is 9.68 Å². The number of amides is 1. The molecule has 0 unspecified atom stereocenters. The van der Waals surface area contributed by atoms with Gasteiger partial charge >= 0.3 is 0 Å². The van der Waals surface area contributed by atoms with Crippen molar-refractivity contribution < 1.29 is 17.6 Å². The van der Waals surface area contributed by atoms with Crippen molar-refractivity contribution in [3.63, 3.8) is 0 Å².